The zero-order chi connectivity index (χ0) is 29.5. The molecule has 2 aromatic heterocycles. The SMILES string of the molecule is c1ccc(-c2ccccc2-c2c3ccccc3c(-c3cccc4c3c3cccc5c6ccccc6n4c53)c3ccccc23)cc1. The number of para-hydroxylation sites is 2. The topological polar surface area (TPSA) is 4.41 Å². The van der Waals surface area contributed by atoms with E-state index >= 15 is 0 Å². The summed E-state index contributed by atoms with van der Waals surface area (Å²) in [5.41, 5.74) is 11.4. The minimum absolute atomic E-state index is 1.23. The van der Waals surface area contributed by atoms with Crippen LogP contribution in [0.2, 0.25) is 0 Å². The predicted molar refractivity (Wildman–Crippen MR) is 192 cm³/mol. The summed E-state index contributed by atoms with van der Waals surface area (Å²) in [4.78, 5) is 0. The second-order valence-corrected chi connectivity index (χ2v) is 12.0. The lowest BCUT2D eigenvalue weighted by molar-refractivity contribution is 1.37. The first kappa shape index (κ1) is 24.5. The molecule has 2 heterocycles. The Morgan fingerprint density at radius 3 is 1.47 bits per heavy atom. The molecule has 1 heteroatoms. The van der Waals surface area contributed by atoms with Gasteiger partial charge in [-0.3, -0.25) is 0 Å². The molecule has 0 fully saturated rings. The van der Waals surface area contributed by atoms with Gasteiger partial charge in [-0.05, 0) is 67.1 Å². The van der Waals surface area contributed by atoms with Gasteiger partial charge in [-0.2, -0.15) is 0 Å². The molecule has 0 aliphatic rings. The zero-order valence-electron chi connectivity index (χ0n) is 24.5. The van der Waals surface area contributed by atoms with Crippen LogP contribution in [0.1, 0.15) is 0 Å². The maximum Gasteiger partial charge on any atom is 0.0620 e. The van der Waals surface area contributed by atoms with Crippen molar-refractivity contribution < 1.29 is 0 Å². The first-order chi connectivity index (χ1) is 22.4. The average molecular weight is 570 g/mol. The Balaban J connectivity index is 1.37. The van der Waals surface area contributed by atoms with Gasteiger partial charge < -0.3 is 4.40 Å². The Hall–Kier alpha value is -5.92. The van der Waals surface area contributed by atoms with Crippen molar-refractivity contribution in [1.29, 1.82) is 0 Å². The van der Waals surface area contributed by atoms with E-state index in [2.05, 4.69) is 168 Å². The van der Waals surface area contributed by atoms with Crippen molar-refractivity contribution in [2.45, 2.75) is 0 Å². The Labute approximate surface area is 260 Å². The predicted octanol–water partition coefficient (Wildman–Crippen LogP) is 12.1. The lowest BCUT2D eigenvalue weighted by Crippen LogP contribution is -1.93. The smallest absolute Gasteiger partial charge is 0.0620 e. The molecule has 10 aromatic rings. The summed E-state index contributed by atoms with van der Waals surface area (Å²) >= 11 is 0. The van der Waals surface area contributed by atoms with Gasteiger partial charge in [0.25, 0.3) is 0 Å². The summed E-state index contributed by atoms with van der Waals surface area (Å²) in [7, 11) is 0. The van der Waals surface area contributed by atoms with Gasteiger partial charge in [0, 0.05) is 21.5 Å². The van der Waals surface area contributed by atoms with Crippen molar-refractivity contribution in [2.24, 2.45) is 0 Å². The van der Waals surface area contributed by atoms with Crippen molar-refractivity contribution in [2.75, 3.05) is 0 Å². The maximum absolute atomic E-state index is 2.48. The van der Waals surface area contributed by atoms with E-state index < -0.39 is 0 Å². The third kappa shape index (κ3) is 3.33. The van der Waals surface area contributed by atoms with Gasteiger partial charge in [-0.15, -0.1) is 0 Å². The van der Waals surface area contributed by atoms with Crippen LogP contribution < -0.4 is 0 Å². The fourth-order valence-corrected chi connectivity index (χ4v) is 7.97. The molecule has 0 bridgehead atoms. The minimum Gasteiger partial charge on any atom is -0.308 e. The number of hydrogen-bond acceptors (Lipinski definition) is 0. The molecule has 0 saturated heterocycles. The number of aromatic nitrogens is 1. The van der Waals surface area contributed by atoms with Crippen LogP contribution in [0.3, 0.4) is 0 Å². The fraction of sp³-hybridized carbons (Fsp3) is 0. The molecule has 0 aliphatic carbocycles. The van der Waals surface area contributed by atoms with Crippen LogP contribution in [-0.4, -0.2) is 4.40 Å². The number of fused-ring (bicyclic) bond motifs is 8. The van der Waals surface area contributed by atoms with Crippen LogP contribution in [0, 0.1) is 0 Å². The van der Waals surface area contributed by atoms with Gasteiger partial charge in [0.1, 0.15) is 0 Å². The summed E-state index contributed by atoms with van der Waals surface area (Å²) < 4.78 is 2.48. The molecule has 0 unspecified atom stereocenters. The number of rotatable bonds is 3. The largest absolute Gasteiger partial charge is 0.308 e. The Kier molecular flexibility index (Phi) is 5.06. The highest BCUT2D eigenvalue weighted by Gasteiger charge is 2.23. The summed E-state index contributed by atoms with van der Waals surface area (Å²) in [6, 6.07) is 60.1. The van der Waals surface area contributed by atoms with E-state index in [1.807, 2.05) is 0 Å². The van der Waals surface area contributed by atoms with E-state index in [1.54, 1.807) is 0 Å². The monoisotopic (exact) mass is 569 g/mol. The van der Waals surface area contributed by atoms with E-state index in [9.17, 15) is 0 Å². The van der Waals surface area contributed by atoms with E-state index in [0.717, 1.165) is 0 Å². The van der Waals surface area contributed by atoms with Gasteiger partial charge in [-0.1, -0.05) is 152 Å². The Morgan fingerprint density at radius 2 is 0.756 bits per heavy atom. The molecular formula is C44H27N. The molecule has 0 amide bonds. The van der Waals surface area contributed by atoms with E-state index in [1.165, 1.54) is 93.0 Å². The first-order valence-corrected chi connectivity index (χ1v) is 15.6. The van der Waals surface area contributed by atoms with E-state index in [0.29, 0.717) is 0 Å². The van der Waals surface area contributed by atoms with Gasteiger partial charge in [0.05, 0.1) is 16.6 Å². The molecule has 8 aromatic carbocycles. The molecule has 0 radical (unpaired) electrons. The van der Waals surface area contributed by atoms with Crippen LogP contribution in [0.5, 0.6) is 0 Å². The summed E-state index contributed by atoms with van der Waals surface area (Å²) in [6.45, 7) is 0. The lowest BCUT2D eigenvalue weighted by Gasteiger charge is -2.20. The number of benzene rings is 8. The van der Waals surface area contributed by atoms with Crippen LogP contribution in [0.4, 0.5) is 0 Å². The maximum atomic E-state index is 2.48. The highest BCUT2D eigenvalue weighted by Crippen LogP contribution is 2.49. The minimum atomic E-state index is 1.23. The molecular weight excluding hydrogens is 542 g/mol. The molecule has 0 spiro atoms. The quantitative estimate of drug-likeness (QED) is 0.186. The van der Waals surface area contributed by atoms with E-state index in [-0.39, 0.29) is 0 Å². The van der Waals surface area contributed by atoms with Crippen molar-refractivity contribution >= 4 is 59.6 Å². The Morgan fingerprint density at radius 1 is 0.289 bits per heavy atom. The van der Waals surface area contributed by atoms with Gasteiger partial charge in [-0.25, -0.2) is 0 Å². The molecule has 45 heavy (non-hydrogen) atoms. The molecule has 10 rings (SSSR count). The normalized spacial score (nSPS) is 12.0. The van der Waals surface area contributed by atoms with Crippen LogP contribution in [-0.2, 0) is 0 Å². The van der Waals surface area contributed by atoms with Crippen molar-refractivity contribution in [3.8, 4) is 33.4 Å². The molecule has 0 N–H and O–H groups in total. The zero-order valence-corrected chi connectivity index (χ0v) is 24.5. The van der Waals surface area contributed by atoms with Crippen LogP contribution >= 0.6 is 0 Å². The molecule has 0 atom stereocenters. The molecule has 0 aliphatic heterocycles. The summed E-state index contributed by atoms with van der Waals surface area (Å²) in [6.07, 6.45) is 0. The molecule has 0 saturated carbocycles. The summed E-state index contributed by atoms with van der Waals surface area (Å²) in [5.74, 6) is 0. The second-order valence-electron chi connectivity index (χ2n) is 12.0. The van der Waals surface area contributed by atoms with Crippen molar-refractivity contribution in [3.63, 3.8) is 0 Å². The Bertz CT molecular complexity index is 2690. The van der Waals surface area contributed by atoms with Gasteiger partial charge >= 0.3 is 0 Å². The van der Waals surface area contributed by atoms with Gasteiger partial charge in [0.15, 0.2) is 0 Å². The second kappa shape index (κ2) is 9.29. The molecule has 208 valence electrons. The fourth-order valence-electron chi connectivity index (χ4n) is 7.97. The lowest BCUT2D eigenvalue weighted by atomic mass is 9.83. The standard InChI is InChI=1S/C44H27N/c1-2-14-28(15-3-1)29-16-4-5-18-31(29)41-32-19-6-8-21-34(32)42(35-22-9-7-20-33(35)41)37-24-13-27-40-43(37)38-25-12-23-36-30-17-10-11-26-39(30)45(40)44(36)38/h1-27H. The third-order valence-corrected chi connectivity index (χ3v) is 9.73. The number of hydrogen-bond donors (Lipinski definition) is 0. The highest BCUT2D eigenvalue weighted by atomic mass is 14.9. The number of nitrogens with zero attached hydrogens (tertiary/aromatic N) is 1. The van der Waals surface area contributed by atoms with Crippen LogP contribution in [0.15, 0.2) is 164 Å². The average Bonchev–Trinajstić information content (AvgIpc) is 3.64. The first-order valence-electron chi connectivity index (χ1n) is 15.6. The van der Waals surface area contributed by atoms with Gasteiger partial charge in [0.2, 0.25) is 0 Å². The van der Waals surface area contributed by atoms with Crippen molar-refractivity contribution in [3.05, 3.63) is 164 Å². The van der Waals surface area contributed by atoms with Crippen LogP contribution in [0.25, 0.3) is 93.0 Å². The van der Waals surface area contributed by atoms with Crippen molar-refractivity contribution in [1.82, 2.24) is 4.40 Å². The third-order valence-electron chi connectivity index (χ3n) is 9.73. The molecule has 1 nitrogen and oxygen atoms in total. The van der Waals surface area contributed by atoms with E-state index in [4.69, 9.17) is 0 Å². The highest BCUT2D eigenvalue weighted by molar-refractivity contribution is 6.30. The summed E-state index contributed by atoms with van der Waals surface area (Å²) in [5, 5.41) is 10.3.